The summed E-state index contributed by atoms with van der Waals surface area (Å²) in [7, 11) is 0. The van der Waals surface area contributed by atoms with Gasteiger partial charge >= 0.3 is 0 Å². The van der Waals surface area contributed by atoms with Gasteiger partial charge in [0.25, 0.3) is 11.8 Å². The molecule has 1 aliphatic rings. The molecular formula is C23H17N3O2S. The molecule has 2 amide bonds. The van der Waals surface area contributed by atoms with Crippen molar-refractivity contribution in [3.05, 3.63) is 87.2 Å². The number of anilines is 2. The third-order valence-corrected chi connectivity index (χ3v) is 5.64. The summed E-state index contributed by atoms with van der Waals surface area (Å²) in [6.07, 6.45) is 0. The molecule has 1 N–H and O–H groups in total. The maximum Gasteiger partial charge on any atom is 0.282 e. The van der Waals surface area contributed by atoms with Crippen LogP contribution in [0.25, 0.3) is 5.57 Å². The highest BCUT2D eigenvalue weighted by atomic mass is 32.1. The third-order valence-electron chi connectivity index (χ3n) is 4.75. The predicted molar refractivity (Wildman–Crippen MR) is 114 cm³/mol. The van der Waals surface area contributed by atoms with E-state index in [4.69, 9.17) is 5.26 Å². The van der Waals surface area contributed by atoms with Gasteiger partial charge in [-0.3, -0.25) is 9.59 Å². The van der Waals surface area contributed by atoms with Gasteiger partial charge in [-0.15, -0.1) is 11.3 Å². The normalized spacial score (nSPS) is 13.8. The Morgan fingerprint density at radius 2 is 1.76 bits per heavy atom. The van der Waals surface area contributed by atoms with E-state index in [2.05, 4.69) is 5.32 Å². The van der Waals surface area contributed by atoms with E-state index in [0.717, 1.165) is 26.6 Å². The van der Waals surface area contributed by atoms with Gasteiger partial charge in [-0.05, 0) is 61.2 Å². The van der Waals surface area contributed by atoms with Gasteiger partial charge in [0.2, 0.25) is 0 Å². The Kier molecular flexibility index (Phi) is 4.75. The Balaban J connectivity index is 1.79. The maximum atomic E-state index is 13.3. The molecule has 0 radical (unpaired) electrons. The van der Waals surface area contributed by atoms with Crippen LogP contribution >= 0.6 is 11.3 Å². The number of aryl methyl sites for hydroxylation is 2. The van der Waals surface area contributed by atoms with E-state index in [1.165, 1.54) is 11.3 Å². The van der Waals surface area contributed by atoms with Crippen LogP contribution in [0.1, 0.15) is 21.6 Å². The molecule has 3 aromatic rings. The molecule has 0 spiro atoms. The van der Waals surface area contributed by atoms with Crippen molar-refractivity contribution in [3.8, 4) is 6.07 Å². The van der Waals surface area contributed by atoms with Crippen LogP contribution < -0.4 is 10.2 Å². The lowest BCUT2D eigenvalue weighted by atomic mass is 10.1. The highest BCUT2D eigenvalue weighted by Gasteiger charge is 2.40. The number of carbonyl (C=O) groups is 2. The molecule has 2 aromatic carbocycles. The first-order valence-electron chi connectivity index (χ1n) is 9.01. The van der Waals surface area contributed by atoms with E-state index in [9.17, 15) is 9.59 Å². The number of amides is 2. The summed E-state index contributed by atoms with van der Waals surface area (Å²) in [4.78, 5) is 28.4. The Labute approximate surface area is 172 Å². The highest BCUT2D eigenvalue weighted by molar-refractivity contribution is 7.11. The fraction of sp³-hybridized carbons (Fsp3) is 0.0870. The van der Waals surface area contributed by atoms with Crippen LogP contribution in [-0.2, 0) is 9.59 Å². The average Bonchev–Trinajstić information content (AvgIpc) is 3.31. The van der Waals surface area contributed by atoms with E-state index in [-0.39, 0.29) is 11.6 Å². The number of nitrogens with one attached hydrogen (secondary N) is 1. The van der Waals surface area contributed by atoms with E-state index < -0.39 is 5.91 Å². The van der Waals surface area contributed by atoms with Gasteiger partial charge < -0.3 is 5.32 Å². The van der Waals surface area contributed by atoms with Gasteiger partial charge in [0.05, 0.1) is 22.9 Å². The summed E-state index contributed by atoms with van der Waals surface area (Å²) >= 11 is 1.41. The number of imide groups is 1. The van der Waals surface area contributed by atoms with Crippen LogP contribution in [-0.4, -0.2) is 11.8 Å². The lowest BCUT2D eigenvalue weighted by Crippen LogP contribution is -2.32. The molecule has 0 saturated carbocycles. The second-order valence-corrected chi connectivity index (χ2v) is 7.72. The topological polar surface area (TPSA) is 73.2 Å². The molecule has 0 bridgehead atoms. The minimum atomic E-state index is -0.414. The molecule has 0 atom stereocenters. The third kappa shape index (κ3) is 3.33. The molecule has 4 rings (SSSR count). The number of rotatable bonds is 4. The minimum absolute atomic E-state index is 0.258. The van der Waals surface area contributed by atoms with E-state index in [1.54, 1.807) is 24.3 Å². The van der Waals surface area contributed by atoms with E-state index in [0.29, 0.717) is 16.8 Å². The van der Waals surface area contributed by atoms with E-state index in [1.807, 2.05) is 55.6 Å². The number of nitriles is 1. The number of hydrogen-bond donors (Lipinski definition) is 1. The molecule has 0 saturated heterocycles. The van der Waals surface area contributed by atoms with Gasteiger partial charge in [-0.2, -0.15) is 5.26 Å². The molecule has 1 aliphatic heterocycles. The van der Waals surface area contributed by atoms with Crippen molar-refractivity contribution in [2.75, 3.05) is 10.2 Å². The van der Waals surface area contributed by atoms with Crippen LogP contribution in [0.5, 0.6) is 0 Å². The van der Waals surface area contributed by atoms with Crippen molar-refractivity contribution in [1.29, 1.82) is 5.26 Å². The monoisotopic (exact) mass is 399 g/mol. The molecule has 5 nitrogen and oxygen atoms in total. The highest BCUT2D eigenvalue weighted by Crippen LogP contribution is 2.36. The molecule has 6 heteroatoms. The number of hydrogen-bond acceptors (Lipinski definition) is 5. The second-order valence-electron chi connectivity index (χ2n) is 6.78. The Morgan fingerprint density at radius 1 is 1.00 bits per heavy atom. The number of benzene rings is 2. The van der Waals surface area contributed by atoms with Crippen molar-refractivity contribution >= 4 is 40.1 Å². The lowest BCUT2D eigenvalue weighted by molar-refractivity contribution is -0.120. The largest absolute Gasteiger partial charge is 0.350 e. The fourth-order valence-electron chi connectivity index (χ4n) is 3.30. The van der Waals surface area contributed by atoms with Crippen molar-refractivity contribution in [2.45, 2.75) is 13.8 Å². The Morgan fingerprint density at radius 3 is 2.38 bits per heavy atom. The smallest absolute Gasteiger partial charge is 0.282 e. The molecule has 142 valence electrons. The van der Waals surface area contributed by atoms with Crippen molar-refractivity contribution < 1.29 is 9.59 Å². The van der Waals surface area contributed by atoms with Crippen LogP contribution in [0.3, 0.4) is 0 Å². The Hall–Kier alpha value is -3.69. The quantitative estimate of drug-likeness (QED) is 0.649. The minimum Gasteiger partial charge on any atom is -0.350 e. The molecular weight excluding hydrogens is 382 g/mol. The first-order valence-corrected chi connectivity index (χ1v) is 9.89. The van der Waals surface area contributed by atoms with Gasteiger partial charge in [0, 0.05) is 10.6 Å². The number of thiophene rings is 1. The summed E-state index contributed by atoms with van der Waals surface area (Å²) in [5.74, 6) is -0.794. The molecule has 0 unspecified atom stereocenters. The van der Waals surface area contributed by atoms with Crippen LogP contribution in [0, 0.1) is 25.2 Å². The second kappa shape index (κ2) is 7.38. The zero-order valence-electron chi connectivity index (χ0n) is 15.9. The fourth-order valence-corrected chi connectivity index (χ4v) is 4.07. The summed E-state index contributed by atoms with van der Waals surface area (Å²) in [6.45, 7) is 3.96. The summed E-state index contributed by atoms with van der Waals surface area (Å²) < 4.78 is 0. The van der Waals surface area contributed by atoms with Gasteiger partial charge in [0.15, 0.2) is 0 Å². The average molecular weight is 399 g/mol. The SMILES string of the molecule is Cc1ccc(NC2=C(c3cccs3)C(=O)N(c3ccc(C#N)cc3)C2=O)c(C)c1. The van der Waals surface area contributed by atoms with E-state index >= 15 is 0 Å². The van der Waals surface area contributed by atoms with Crippen molar-refractivity contribution in [2.24, 2.45) is 0 Å². The van der Waals surface area contributed by atoms with Crippen LogP contribution in [0.2, 0.25) is 0 Å². The first-order chi connectivity index (χ1) is 14.0. The standard InChI is InChI=1S/C23H17N3O2S/c1-14-5-10-18(15(2)12-14)25-21-20(19-4-3-11-29-19)22(27)26(23(21)28)17-8-6-16(13-24)7-9-17/h3-12,25H,1-2H3. The van der Waals surface area contributed by atoms with Crippen LogP contribution in [0.4, 0.5) is 11.4 Å². The zero-order chi connectivity index (χ0) is 20.5. The molecule has 1 aromatic heterocycles. The zero-order valence-corrected chi connectivity index (χ0v) is 16.7. The van der Waals surface area contributed by atoms with Gasteiger partial charge in [-0.25, -0.2) is 4.90 Å². The predicted octanol–water partition coefficient (Wildman–Crippen LogP) is 4.63. The summed E-state index contributed by atoms with van der Waals surface area (Å²) in [5, 5.41) is 14.1. The van der Waals surface area contributed by atoms with Crippen molar-refractivity contribution in [3.63, 3.8) is 0 Å². The van der Waals surface area contributed by atoms with Gasteiger partial charge in [0.1, 0.15) is 5.70 Å². The first kappa shape index (κ1) is 18.7. The molecule has 29 heavy (non-hydrogen) atoms. The molecule has 0 aliphatic carbocycles. The van der Waals surface area contributed by atoms with Gasteiger partial charge in [-0.1, -0.05) is 23.8 Å². The van der Waals surface area contributed by atoms with Crippen LogP contribution in [0.15, 0.2) is 65.7 Å². The van der Waals surface area contributed by atoms with Crippen molar-refractivity contribution in [1.82, 2.24) is 0 Å². The molecule has 0 fully saturated rings. The number of carbonyl (C=O) groups excluding carboxylic acids is 2. The summed E-state index contributed by atoms with van der Waals surface area (Å²) in [6, 6.07) is 18.0. The molecule has 2 heterocycles. The Bertz CT molecular complexity index is 1190. The number of nitrogens with zero attached hydrogens (tertiary/aromatic N) is 2. The summed E-state index contributed by atoms with van der Waals surface area (Å²) in [5.41, 5.74) is 4.40. The maximum absolute atomic E-state index is 13.3. The lowest BCUT2D eigenvalue weighted by Gasteiger charge is -2.16.